The molecule has 1 fully saturated rings. The highest BCUT2D eigenvalue weighted by Crippen LogP contribution is 2.43. The summed E-state index contributed by atoms with van der Waals surface area (Å²) in [6, 6.07) is 11.0. The molecule has 0 atom stereocenters. The molecule has 2 N–H and O–H groups in total. The van der Waals surface area contributed by atoms with Crippen LogP contribution in [-0.4, -0.2) is 30.2 Å². The van der Waals surface area contributed by atoms with E-state index in [0.29, 0.717) is 22.2 Å². The highest BCUT2D eigenvalue weighted by Gasteiger charge is 2.31. The molecule has 0 unspecified atom stereocenters. The third kappa shape index (κ3) is 4.83. The molecule has 9 heteroatoms. The first-order valence-electron chi connectivity index (χ1n) is 11.6. The number of fused-ring (bicyclic) bond motifs is 1. The fourth-order valence-electron chi connectivity index (χ4n) is 4.47. The quantitative estimate of drug-likeness (QED) is 0.480. The molecule has 2 aliphatic rings. The molecule has 2 aliphatic heterocycles. The van der Waals surface area contributed by atoms with Crippen molar-refractivity contribution in [3.05, 3.63) is 70.9 Å². The van der Waals surface area contributed by atoms with Crippen molar-refractivity contribution in [2.75, 3.05) is 18.0 Å². The summed E-state index contributed by atoms with van der Waals surface area (Å²) >= 11 is 1.09. The molecule has 0 saturated carbocycles. The van der Waals surface area contributed by atoms with E-state index in [9.17, 15) is 13.6 Å². The molecule has 2 amide bonds. The van der Waals surface area contributed by atoms with Crippen molar-refractivity contribution in [1.82, 2.24) is 15.6 Å². The van der Waals surface area contributed by atoms with E-state index in [4.69, 9.17) is 9.72 Å². The number of ether oxygens (including phenoxy) is 1. The Morgan fingerprint density at radius 3 is 2.54 bits per heavy atom. The minimum absolute atomic E-state index is 0.0282. The van der Waals surface area contributed by atoms with Gasteiger partial charge in [-0.25, -0.2) is 18.6 Å². The SMILES string of the molecule is Cc1cccc(C)c1N1C(=O)NCc2nc(Sc3ccc(F)cc3F)c(OC3CCNCC3)cc21. The van der Waals surface area contributed by atoms with Gasteiger partial charge in [0.1, 0.15) is 22.8 Å². The van der Waals surface area contributed by atoms with E-state index in [-0.39, 0.29) is 23.6 Å². The van der Waals surface area contributed by atoms with Crippen molar-refractivity contribution < 1.29 is 18.3 Å². The Kier molecular flexibility index (Phi) is 6.62. The molecular formula is C26H26F2N4O2S. The minimum atomic E-state index is -0.659. The molecule has 3 heterocycles. The summed E-state index contributed by atoms with van der Waals surface area (Å²) in [6.45, 7) is 5.85. The van der Waals surface area contributed by atoms with Crippen LogP contribution in [-0.2, 0) is 6.54 Å². The Bertz CT molecular complexity index is 1260. The number of para-hydroxylation sites is 1. The van der Waals surface area contributed by atoms with Gasteiger partial charge in [-0.2, -0.15) is 0 Å². The van der Waals surface area contributed by atoms with E-state index in [1.807, 2.05) is 38.1 Å². The third-order valence-electron chi connectivity index (χ3n) is 6.21. The van der Waals surface area contributed by atoms with Crippen LogP contribution in [0.5, 0.6) is 5.75 Å². The maximum atomic E-state index is 14.5. The molecule has 6 nitrogen and oxygen atoms in total. The van der Waals surface area contributed by atoms with E-state index < -0.39 is 11.6 Å². The Morgan fingerprint density at radius 2 is 1.83 bits per heavy atom. The van der Waals surface area contributed by atoms with Crippen LogP contribution in [0.3, 0.4) is 0 Å². The van der Waals surface area contributed by atoms with Crippen molar-refractivity contribution in [2.24, 2.45) is 0 Å². The Balaban J connectivity index is 1.61. The molecule has 1 aromatic heterocycles. The van der Waals surface area contributed by atoms with Crippen LogP contribution in [0.15, 0.2) is 52.4 Å². The number of pyridine rings is 1. The van der Waals surface area contributed by atoms with Crippen LogP contribution in [0.1, 0.15) is 29.7 Å². The zero-order valence-corrected chi connectivity index (χ0v) is 20.3. The van der Waals surface area contributed by atoms with Gasteiger partial charge < -0.3 is 15.4 Å². The highest BCUT2D eigenvalue weighted by atomic mass is 32.2. The summed E-state index contributed by atoms with van der Waals surface area (Å²) in [7, 11) is 0. The monoisotopic (exact) mass is 496 g/mol. The first-order chi connectivity index (χ1) is 16.9. The van der Waals surface area contributed by atoms with Gasteiger partial charge in [-0.15, -0.1) is 0 Å². The lowest BCUT2D eigenvalue weighted by Crippen LogP contribution is -2.42. The summed E-state index contributed by atoms with van der Waals surface area (Å²) in [6.07, 6.45) is 1.63. The number of amides is 2. The second kappa shape index (κ2) is 9.83. The second-order valence-electron chi connectivity index (χ2n) is 8.74. The molecule has 3 aromatic rings. The standard InChI is InChI=1S/C26H26F2N4O2S/c1-15-4-3-5-16(2)24(15)32-21-13-22(34-18-8-10-29-11-9-18)25(31-20(21)14-30-26(32)33)35-23-7-6-17(27)12-19(23)28/h3-7,12-13,18,29H,8-11,14H2,1-2H3,(H,30,33). The zero-order valence-electron chi connectivity index (χ0n) is 19.5. The van der Waals surface area contributed by atoms with Gasteiger partial charge in [0.25, 0.3) is 0 Å². The highest BCUT2D eigenvalue weighted by molar-refractivity contribution is 7.99. The number of anilines is 2. The normalized spacial score (nSPS) is 16.1. The van der Waals surface area contributed by atoms with E-state index in [1.54, 1.807) is 4.90 Å². The van der Waals surface area contributed by atoms with Crippen molar-refractivity contribution in [3.63, 3.8) is 0 Å². The van der Waals surface area contributed by atoms with Gasteiger partial charge >= 0.3 is 6.03 Å². The number of nitrogens with one attached hydrogen (secondary N) is 2. The second-order valence-corrected chi connectivity index (χ2v) is 9.77. The van der Waals surface area contributed by atoms with Gasteiger partial charge in [-0.3, -0.25) is 4.90 Å². The summed E-state index contributed by atoms with van der Waals surface area (Å²) in [4.78, 5) is 19.8. The molecule has 0 radical (unpaired) electrons. The number of hydrogen-bond donors (Lipinski definition) is 2. The molecule has 182 valence electrons. The average molecular weight is 497 g/mol. The predicted molar refractivity (Wildman–Crippen MR) is 132 cm³/mol. The van der Waals surface area contributed by atoms with Crippen LogP contribution in [0.25, 0.3) is 0 Å². The van der Waals surface area contributed by atoms with Gasteiger partial charge in [0.05, 0.1) is 23.6 Å². The molecule has 0 aliphatic carbocycles. The number of hydrogen-bond acceptors (Lipinski definition) is 5. The number of nitrogens with zero attached hydrogens (tertiary/aromatic N) is 2. The van der Waals surface area contributed by atoms with Crippen molar-refractivity contribution in [1.29, 1.82) is 0 Å². The van der Waals surface area contributed by atoms with Gasteiger partial charge in [0, 0.05) is 17.0 Å². The summed E-state index contributed by atoms with van der Waals surface area (Å²) in [5, 5.41) is 6.69. The fraction of sp³-hybridized carbons (Fsp3) is 0.308. The maximum Gasteiger partial charge on any atom is 0.326 e. The molecule has 5 rings (SSSR count). The number of benzene rings is 2. The number of rotatable bonds is 5. The summed E-state index contributed by atoms with van der Waals surface area (Å²) < 4.78 is 34.3. The number of aromatic nitrogens is 1. The Hall–Kier alpha value is -3.17. The summed E-state index contributed by atoms with van der Waals surface area (Å²) in [5.41, 5.74) is 4.00. The lowest BCUT2D eigenvalue weighted by molar-refractivity contribution is 0.157. The first-order valence-corrected chi connectivity index (χ1v) is 12.4. The fourth-order valence-corrected chi connectivity index (χ4v) is 5.33. The topological polar surface area (TPSA) is 66.5 Å². The van der Waals surface area contributed by atoms with Crippen molar-refractivity contribution in [3.8, 4) is 5.75 Å². The molecule has 0 bridgehead atoms. The van der Waals surface area contributed by atoms with E-state index >= 15 is 0 Å². The molecule has 35 heavy (non-hydrogen) atoms. The Morgan fingerprint density at radius 1 is 1.09 bits per heavy atom. The molecule has 1 saturated heterocycles. The van der Waals surface area contributed by atoms with Crippen LogP contribution in [0, 0.1) is 25.5 Å². The third-order valence-corrected chi connectivity index (χ3v) is 7.24. The van der Waals surface area contributed by atoms with Gasteiger partial charge in [-0.1, -0.05) is 30.0 Å². The largest absolute Gasteiger partial charge is 0.487 e. The van der Waals surface area contributed by atoms with E-state index in [1.165, 1.54) is 12.1 Å². The average Bonchev–Trinajstić information content (AvgIpc) is 2.83. The van der Waals surface area contributed by atoms with Crippen LogP contribution in [0.4, 0.5) is 25.0 Å². The lowest BCUT2D eigenvalue weighted by Gasteiger charge is -2.33. The zero-order chi connectivity index (χ0) is 24.5. The number of carbonyl (C=O) groups is 1. The number of carbonyl (C=O) groups excluding carboxylic acids is 1. The van der Waals surface area contributed by atoms with E-state index in [0.717, 1.165) is 60.6 Å². The van der Waals surface area contributed by atoms with Gasteiger partial charge in [0.15, 0.2) is 5.75 Å². The van der Waals surface area contributed by atoms with Crippen LogP contribution < -0.4 is 20.3 Å². The number of halogens is 2. The predicted octanol–water partition coefficient (Wildman–Crippen LogP) is 5.62. The smallest absolute Gasteiger partial charge is 0.326 e. The Labute approximate surface area is 207 Å². The maximum absolute atomic E-state index is 14.5. The van der Waals surface area contributed by atoms with Crippen LogP contribution in [0.2, 0.25) is 0 Å². The van der Waals surface area contributed by atoms with Gasteiger partial charge in [-0.05, 0) is 63.0 Å². The van der Waals surface area contributed by atoms with Gasteiger partial charge in [0.2, 0.25) is 0 Å². The molecule has 2 aromatic carbocycles. The van der Waals surface area contributed by atoms with Crippen molar-refractivity contribution in [2.45, 2.75) is 49.3 Å². The number of piperidine rings is 1. The first kappa shape index (κ1) is 23.6. The number of urea groups is 1. The number of aryl methyl sites for hydroxylation is 2. The molecule has 0 spiro atoms. The summed E-state index contributed by atoms with van der Waals surface area (Å²) in [5.74, 6) is -0.813. The van der Waals surface area contributed by atoms with Crippen LogP contribution >= 0.6 is 11.8 Å². The van der Waals surface area contributed by atoms with Crippen molar-refractivity contribution >= 4 is 29.2 Å². The molecular weight excluding hydrogens is 470 g/mol. The lowest BCUT2D eigenvalue weighted by atomic mass is 10.1. The van der Waals surface area contributed by atoms with E-state index in [2.05, 4.69) is 10.6 Å². The minimum Gasteiger partial charge on any atom is -0.487 e.